The van der Waals surface area contributed by atoms with Crippen molar-refractivity contribution in [1.82, 2.24) is 0 Å². The van der Waals surface area contributed by atoms with E-state index in [4.69, 9.17) is 5.73 Å². The Morgan fingerprint density at radius 1 is 1.12 bits per heavy atom. The van der Waals surface area contributed by atoms with Crippen molar-refractivity contribution < 1.29 is 0 Å². The van der Waals surface area contributed by atoms with E-state index in [-0.39, 0.29) is 11.5 Å². The molecule has 1 rings (SSSR count). The second-order valence-electron chi connectivity index (χ2n) is 5.86. The van der Waals surface area contributed by atoms with E-state index in [1.165, 1.54) is 11.1 Å². The van der Waals surface area contributed by atoms with Crippen LogP contribution in [0.25, 0.3) is 0 Å². The maximum Gasteiger partial charge on any atom is 0.0386 e. The molecule has 0 saturated carbocycles. The molecule has 96 valence electrons. The molecule has 0 radical (unpaired) electrons. The predicted octanol–water partition coefficient (Wildman–Crippen LogP) is 4.13. The second kappa shape index (κ2) is 5.92. The van der Waals surface area contributed by atoms with Crippen molar-refractivity contribution in [2.24, 2.45) is 5.73 Å². The summed E-state index contributed by atoms with van der Waals surface area (Å²) in [6.45, 7) is 11.1. The first-order chi connectivity index (χ1) is 7.80. The van der Waals surface area contributed by atoms with Gasteiger partial charge in [-0.05, 0) is 21.8 Å². The van der Waals surface area contributed by atoms with Gasteiger partial charge in [0, 0.05) is 11.8 Å². The number of hydrogen-bond donors (Lipinski definition) is 1. The number of rotatable bonds is 4. The zero-order chi connectivity index (χ0) is 13.1. The van der Waals surface area contributed by atoms with E-state index in [2.05, 4.69) is 58.9 Å². The van der Waals surface area contributed by atoms with Crippen LogP contribution in [-0.2, 0) is 5.41 Å². The predicted molar refractivity (Wildman–Crippen MR) is 79.7 cm³/mol. The van der Waals surface area contributed by atoms with Gasteiger partial charge in [0.2, 0.25) is 0 Å². The first kappa shape index (κ1) is 14.6. The summed E-state index contributed by atoms with van der Waals surface area (Å²) in [6, 6.07) is 8.90. The molecule has 0 aromatic heterocycles. The molecule has 1 aromatic carbocycles. The maximum absolute atomic E-state index is 6.18. The van der Waals surface area contributed by atoms with Crippen LogP contribution >= 0.6 is 11.8 Å². The number of benzene rings is 1. The number of thioether (sulfide) groups is 1. The smallest absolute Gasteiger partial charge is 0.0386 e. The van der Waals surface area contributed by atoms with Crippen LogP contribution in [0.15, 0.2) is 24.3 Å². The van der Waals surface area contributed by atoms with Crippen molar-refractivity contribution in [3.63, 3.8) is 0 Å². The molecule has 0 amide bonds. The Balaban J connectivity index is 2.67. The lowest BCUT2D eigenvalue weighted by atomic mass is 9.86. The molecular weight excluding hydrogens is 226 g/mol. The molecule has 0 bridgehead atoms. The first-order valence-corrected chi connectivity index (χ1v) is 7.33. The molecule has 2 N–H and O–H groups in total. The van der Waals surface area contributed by atoms with Gasteiger partial charge in [-0.15, -0.1) is 0 Å². The third-order valence-corrected chi connectivity index (χ3v) is 4.03. The summed E-state index contributed by atoms with van der Waals surface area (Å²) in [5.74, 6) is 0.993. The minimum Gasteiger partial charge on any atom is -0.323 e. The normalized spacial score (nSPS) is 14.1. The molecule has 0 fully saturated rings. The highest BCUT2D eigenvalue weighted by Gasteiger charge is 2.14. The van der Waals surface area contributed by atoms with Crippen LogP contribution in [0.5, 0.6) is 0 Å². The van der Waals surface area contributed by atoms with E-state index in [0.29, 0.717) is 5.25 Å². The van der Waals surface area contributed by atoms with Gasteiger partial charge in [0.25, 0.3) is 0 Å². The summed E-state index contributed by atoms with van der Waals surface area (Å²) >= 11 is 1.92. The Bertz CT molecular complexity index is 335. The molecule has 0 heterocycles. The number of hydrogen-bond acceptors (Lipinski definition) is 2. The van der Waals surface area contributed by atoms with Crippen LogP contribution in [0.3, 0.4) is 0 Å². The van der Waals surface area contributed by atoms with Gasteiger partial charge in [-0.1, -0.05) is 58.9 Å². The first-order valence-electron chi connectivity index (χ1n) is 6.28. The number of nitrogens with two attached hydrogens (primary N) is 1. The van der Waals surface area contributed by atoms with Gasteiger partial charge >= 0.3 is 0 Å². The van der Waals surface area contributed by atoms with E-state index >= 15 is 0 Å². The standard InChI is InChI=1S/C15H25NS/c1-11(2)17-10-14(16)12-6-8-13(9-7-12)15(3,4)5/h6-9,11,14H,10,16H2,1-5H3. The van der Waals surface area contributed by atoms with Crippen molar-refractivity contribution >= 4 is 11.8 Å². The second-order valence-corrected chi connectivity index (χ2v) is 7.47. The van der Waals surface area contributed by atoms with Crippen molar-refractivity contribution in [2.75, 3.05) is 5.75 Å². The van der Waals surface area contributed by atoms with Crippen molar-refractivity contribution in [1.29, 1.82) is 0 Å². The Kier molecular flexibility index (Phi) is 5.08. The van der Waals surface area contributed by atoms with Crippen LogP contribution < -0.4 is 5.73 Å². The lowest BCUT2D eigenvalue weighted by Crippen LogP contribution is -2.15. The summed E-state index contributed by atoms with van der Waals surface area (Å²) in [7, 11) is 0. The van der Waals surface area contributed by atoms with E-state index in [1.807, 2.05) is 11.8 Å². The summed E-state index contributed by atoms with van der Waals surface area (Å²) in [5.41, 5.74) is 9.01. The van der Waals surface area contributed by atoms with Crippen LogP contribution in [0, 0.1) is 0 Å². The molecule has 0 aliphatic carbocycles. The summed E-state index contributed by atoms with van der Waals surface area (Å²) in [4.78, 5) is 0. The summed E-state index contributed by atoms with van der Waals surface area (Å²) < 4.78 is 0. The Morgan fingerprint density at radius 3 is 2.06 bits per heavy atom. The van der Waals surface area contributed by atoms with Crippen LogP contribution in [0.2, 0.25) is 0 Å². The van der Waals surface area contributed by atoms with Gasteiger partial charge in [0.15, 0.2) is 0 Å². The van der Waals surface area contributed by atoms with Gasteiger partial charge in [-0.3, -0.25) is 0 Å². The highest BCUT2D eigenvalue weighted by atomic mass is 32.2. The molecule has 0 saturated heterocycles. The van der Waals surface area contributed by atoms with Crippen LogP contribution in [0.4, 0.5) is 0 Å². The largest absolute Gasteiger partial charge is 0.323 e. The highest BCUT2D eigenvalue weighted by molar-refractivity contribution is 7.99. The lowest BCUT2D eigenvalue weighted by molar-refractivity contribution is 0.589. The molecule has 1 unspecified atom stereocenters. The third-order valence-electron chi connectivity index (χ3n) is 2.81. The Hall–Kier alpha value is -0.470. The molecule has 0 aliphatic heterocycles. The Morgan fingerprint density at radius 2 is 1.65 bits per heavy atom. The SMILES string of the molecule is CC(C)SCC(N)c1ccc(C(C)(C)C)cc1. The maximum atomic E-state index is 6.18. The molecule has 2 heteroatoms. The third kappa shape index (κ3) is 4.72. The molecule has 0 aliphatic rings. The van der Waals surface area contributed by atoms with Crippen molar-refractivity contribution in [3.8, 4) is 0 Å². The van der Waals surface area contributed by atoms with Crippen molar-refractivity contribution in [2.45, 2.75) is 51.3 Å². The minimum absolute atomic E-state index is 0.149. The van der Waals surface area contributed by atoms with E-state index in [9.17, 15) is 0 Å². The fourth-order valence-electron chi connectivity index (χ4n) is 1.62. The fraction of sp³-hybridized carbons (Fsp3) is 0.600. The van der Waals surface area contributed by atoms with Gasteiger partial charge in [0.05, 0.1) is 0 Å². The topological polar surface area (TPSA) is 26.0 Å². The molecular formula is C15H25NS. The van der Waals surface area contributed by atoms with Gasteiger partial charge in [-0.2, -0.15) is 11.8 Å². The minimum atomic E-state index is 0.149. The highest BCUT2D eigenvalue weighted by Crippen LogP contribution is 2.25. The summed E-state index contributed by atoms with van der Waals surface area (Å²) in [6.07, 6.45) is 0. The zero-order valence-electron chi connectivity index (χ0n) is 11.7. The van der Waals surface area contributed by atoms with Crippen LogP contribution in [0.1, 0.15) is 51.8 Å². The van der Waals surface area contributed by atoms with Gasteiger partial charge < -0.3 is 5.73 Å². The monoisotopic (exact) mass is 251 g/mol. The summed E-state index contributed by atoms with van der Waals surface area (Å²) in [5, 5.41) is 0.648. The van der Waals surface area contributed by atoms with E-state index < -0.39 is 0 Å². The molecule has 0 spiro atoms. The van der Waals surface area contributed by atoms with E-state index in [0.717, 1.165) is 5.75 Å². The van der Waals surface area contributed by atoms with Gasteiger partial charge in [0.1, 0.15) is 0 Å². The van der Waals surface area contributed by atoms with Gasteiger partial charge in [-0.25, -0.2) is 0 Å². The van der Waals surface area contributed by atoms with Crippen molar-refractivity contribution in [3.05, 3.63) is 35.4 Å². The van der Waals surface area contributed by atoms with Crippen LogP contribution in [-0.4, -0.2) is 11.0 Å². The quantitative estimate of drug-likeness (QED) is 0.871. The average Bonchev–Trinajstić information content (AvgIpc) is 2.25. The lowest BCUT2D eigenvalue weighted by Gasteiger charge is -2.20. The average molecular weight is 251 g/mol. The molecule has 1 nitrogen and oxygen atoms in total. The molecule has 17 heavy (non-hydrogen) atoms. The zero-order valence-corrected chi connectivity index (χ0v) is 12.5. The molecule has 1 atom stereocenters. The van der Waals surface area contributed by atoms with E-state index in [1.54, 1.807) is 0 Å². The Labute approximate surface area is 110 Å². The fourth-order valence-corrected chi connectivity index (χ4v) is 2.41. The molecule has 1 aromatic rings.